The summed E-state index contributed by atoms with van der Waals surface area (Å²) in [5.41, 5.74) is 0.469. The van der Waals surface area contributed by atoms with Crippen molar-refractivity contribution in [1.29, 1.82) is 0 Å². The van der Waals surface area contributed by atoms with Crippen molar-refractivity contribution >= 4 is 5.91 Å². The molecule has 1 saturated carbocycles. The molecule has 7 heteroatoms. The average Bonchev–Trinajstić information content (AvgIpc) is 2.79. The summed E-state index contributed by atoms with van der Waals surface area (Å²) in [6, 6.07) is 10.9. The summed E-state index contributed by atoms with van der Waals surface area (Å²) in [6.07, 6.45) is 3.39. The third-order valence-electron chi connectivity index (χ3n) is 5.32. The normalized spacial score (nSPS) is 18.3. The number of hydrogen-bond donors (Lipinski definition) is 1. The Morgan fingerprint density at radius 2 is 1.53 bits per heavy atom. The quantitative estimate of drug-likeness (QED) is 0.706. The topological polar surface area (TPSA) is 75.3 Å². The number of methoxy groups -OCH3 is 4. The van der Waals surface area contributed by atoms with E-state index >= 15 is 0 Å². The number of amides is 1. The number of hydrogen-bond acceptors (Lipinski definition) is 6. The molecule has 0 radical (unpaired) electrons. The van der Waals surface area contributed by atoms with Crippen molar-refractivity contribution in [3.8, 4) is 28.7 Å². The zero-order chi connectivity index (χ0) is 21.5. The fraction of sp³-hybridized carbons (Fsp3) is 0.435. The Morgan fingerprint density at radius 3 is 2.17 bits per heavy atom. The fourth-order valence-electron chi connectivity index (χ4n) is 3.71. The molecule has 3 rings (SSSR count). The third-order valence-corrected chi connectivity index (χ3v) is 5.32. The number of ether oxygens (including phenoxy) is 5. The van der Waals surface area contributed by atoms with Gasteiger partial charge in [0.1, 0.15) is 11.5 Å². The maximum atomic E-state index is 12.8. The van der Waals surface area contributed by atoms with E-state index in [1.807, 2.05) is 18.2 Å². The smallest absolute Gasteiger partial charge is 0.255 e. The van der Waals surface area contributed by atoms with E-state index in [4.69, 9.17) is 23.7 Å². The van der Waals surface area contributed by atoms with Gasteiger partial charge in [0.2, 0.25) is 5.75 Å². The molecule has 162 valence electrons. The molecule has 0 aliphatic heterocycles. The first-order valence-electron chi connectivity index (χ1n) is 10.00. The summed E-state index contributed by atoms with van der Waals surface area (Å²) in [6.45, 7) is 0. The molecule has 1 fully saturated rings. The van der Waals surface area contributed by atoms with E-state index in [0.717, 1.165) is 25.7 Å². The van der Waals surface area contributed by atoms with Gasteiger partial charge in [-0.25, -0.2) is 0 Å². The van der Waals surface area contributed by atoms with Crippen LogP contribution in [0.1, 0.15) is 36.0 Å². The average molecular weight is 415 g/mol. The van der Waals surface area contributed by atoms with Crippen LogP contribution in [-0.2, 0) is 0 Å². The van der Waals surface area contributed by atoms with Crippen molar-refractivity contribution in [2.24, 2.45) is 0 Å². The van der Waals surface area contributed by atoms with Crippen molar-refractivity contribution in [2.45, 2.75) is 37.8 Å². The lowest BCUT2D eigenvalue weighted by Gasteiger charge is -2.30. The second-order valence-electron chi connectivity index (χ2n) is 7.12. The van der Waals surface area contributed by atoms with Crippen LogP contribution < -0.4 is 29.0 Å². The van der Waals surface area contributed by atoms with Crippen LogP contribution in [0.15, 0.2) is 36.4 Å². The molecule has 1 aliphatic rings. The van der Waals surface area contributed by atoms with Crippen LogP contribution in [0.4, 0.5) is 0 Å². The molecule has 0 saturated heterocycles. The molecule has 7 nitrogen and oxygen atoms in total. The Labute approximate surface area is 177 Å². The molecular formula is C23H29NO6. The number of carbonyl (C=O) groups is 1. The van der Waals surface area contributed by atoms with Gasteiger partial charge in [-0.3, -0.25) is 4.79 Å². The Bertz CT molecular complexity index is 861. The minimum atomic E-state index is -0.162. The summed E-state index contributed by atoms with van der Waals surface area (Å²) in [5, 5.41) is 3.11. The molecule has 0 spiro atoms. The number of carbonyl (C=O) groups excluding carboxylic acids is 1. The molecule has 1 N–H and O–H groups in total. The van der Waals surface area contributed by atoms with Crippen LogP contribution in [0.5, 0.6) is 28.7 Å². The zero-order valence-electron chi connectivity index (χ0n) is 17.9. The Hall–Kier alpha value is -3.09. The molecule has 1 amide bonds. The van der Waals surface area contributed by atoms with Crippen molar-refractivity contribution in [2.75, 3.05) is 28.4 Å². The van der Waals surface area contributed by atoms with Crippen molar-refractivity contribution in [3.05, 3.63) is 42.0 Å². The van der Waals surface area contributed by atoms with Gasteiger partial charge in [-0.1, -0.05) is 6.07 Å². The lowest BCUT2D eigenvalue weighted by Crippen LogP contribution is -2.39. The van der Waals surface area contributed by atoms with Gasteiger partial charge >= 0.3 is 0 Å². The van der Waals surface area contributed by atoms with E-state index in [9.17, 15) is 4.79 Å². The van der Waals surface area contributed by atoms with Crippen LogP contribution in [0, 0.1) is 0 Å². The highest BCUT2D eigenvalue weighted by Gasteiger charge is 2.26. The van der Waals surface area contributed by atoms with E-state index in [0.29, 0.717) is 34.3 Å². The van der Waals surface area contributed by atoms with Crippen LogP contribution in [0.25, 0.3) is 0 Å². The van der Waals surface area contributed by atoms with E-state index in [1.165, 1.54) is 0 Å². The highest BCUT2D eigenvalue weighted by molar-refractivity contribution is 5.97. The molecule has 0 atom stereocenters. The maximum absolute atomic E-state index is 12.8. The predicted octanol–water partition coefficient (Wildman–Crippen LogP) is 3.84. The predicted molar refractivity (Wildman–Crippen MR) is 113 cm³/mol. The Balaban J connectivity index is 1.58. The minimum Gasteiger partial charge on any atom is -0.497 e. The number of para-hydroxylation sites is 1. The largest absolute Gasteiger partial charge is 0.497 e. The van der Waals surface area contributed by atoms with Crippen LogP contribution in [0.2, 0.25) is 0 Å². The van der Waals surface area contributed by atoms with Crippen LogP contribution in [0.3, 0.4) is 0 Å². The lowest BCUT2D eigenvalue weighted by molar-refractivity contribution is 0.0888. The van der Waals surface area contributed by atoms with Crippen LogP contribution >= 0.6 is 0 Å². The molecule has 0 unspecified atom stereocenters. The number of rotatable bonds is 8. The number of benzene rings is 2. The van der Waals surface area contributed by atoms with Gasteiger partial charge in [0, 0.05) is 6.04 Å². The third kappa shape index (κ3) is 4.90. The van der Waals surface area contributed by atoms with Gasteiger partial charge in [0.25, 0.3) is 5.91 Å². The van der Waals surface area contributed by atoms with Gasteiger partial charge in [0.15, 0.2) is 11.5 Å². The second kappa shape index (κ2) is 10.1. The van der Waals surface area contributed by atoms with Crippen molar-refractivity contribution < 1.29 is 28.5 Å². The molecule has 0 heterocycles. The minimum absolute atomic E-state index is 0.0607. The molecule has 1 aliphatic carbocycles. The molecule has 0 aromatic heterocycles. The summed E-state index contributed by atoms with van der Waals surface area (Å²) in [5.74, 6) is 2.89. The van der Waals surface area contributed by atoms with E-state index in [1.54, 1.807) is 46.6 Å². The molecule has 2 aromatic carbocycles. The lowest BCUT2D eigenvalue weighted by atomic mass is 9.92. The molecule has 2 aromatic rings. The van der Waals surface area contributed by atoms with Gasteiger partial charge in [-0.15, -0.1) is 0 Å². The Kier molecular flexibility index (Phi) is 7.27. The van der Waals surface area contributed by atoms with Crippen molar-refractivity contribution in [1.82, 2.24) is 5.32 Å². The fourth-order valence-corrected chi connectivity index (χ4v) is 3.71. The van der Waals surface area contributed by atoms with Crippen LogP contribution in [-0.4, -0.2) is 46.5 Å². The monoisotopic (exact) mass is 415 g/mol. The molecular weight excluding hydrogens is 386 g/mol. The van der Waals surface area contributed by atoms with Gasteiger partial charge < -0.3 is 29.0 Å². The summed E-state index contributed by atoms with van der Waals surface area (Å²) >= 11 is 0. The van der Waals surface area contributed by atoms with E-state index in [2.05, 4.69) is 5.32 Å². The molecule has 0 bridgehead atoms. The number of nitrogens with one attached hydrogen (secondary N) is 1. The summed E-state index contributed by atoms with van der Waals surface area (Å²) < 4.78 is 27.5. The van der Waals surface area contributed by atoms with Crippen molar-refractivity contribution in [3.63, 3.8) is 0 Å². The second-order valence-corrected chi connectivity index (χ2v) is 7.12. The van der Waals surface area contributed by atoms with E-state index < -0.39 is 0 Å². The van der Waals surface area contributed by atoms with Gasteiger partial charge in [-0.2, -0.15) is 0 Å². The van der Waals surface area contributed by atoms with Gasteiger partial charge in [0.05, 0.1) is 40.1 Å². The Morgan fingerprint density at radius 1 is 0.833 bits per heavy atom. The zero-order valence-corrected chi connectivity index (χ0v) is 17.9. The highest BCUT2D eigenvalue weighted by Crippen LogP contribution is 2.38. The van der Waals surface area contributed by atoms with E-state index in [-0.39, 0.29) is 18.1 Å². The SMILES string of the molecule is COc1ccc(OC)c(C(=O)NC2CCC(Oc3cccc(OC)c3OC)CC2)c1. The molecule has 30 heavy (non-hydrogen) atoms. The maximum Gasteiger partial charge on any atom is 0.255 e. The van der Waals surface area contributed by atoms with Gasteiger partial charge in [-0.05, 0) is 56.0 Å². The first-order valence-corrected chi connectivity index (χ1v) is 10.00. The first-order chi connectivity index (χ1) is 14.6. The summed E-state index contributed by atoms with van der Waals surface area (Å²) in [7, 11) is 6.33. The highest BCUT2D eigenvalue weighted by atomic mass is 16.5. The summed E-state index contributed by atoms with van der Waals surface area (Å²) in [4.78, 5) is 12.8. The first kappa shape index (κ1) is 21.6. The standard InChI is InChI=1S/C23H29NO6/c1-26-17-12-13-19(27-2)18(14-17)23(25)24-15-8-10-16(11-9-15)30-21-7-5-6-20(28-3)22(21)29-4/h5-7,12-16H,8-11H2,1-4H3,(H,24,25).